The molecule has 0 radical (unpaired) electrons. The number of H-pyrrole nitrogens is 1. The Hall–Kier alpha value is -2.85. The highest BCUT2D eigenvalue weighted by Crippen LogP contribution is 2.25. The monoisotopic (exact) mass is 420 g/mol. The molecular weight excluding hydrogens is 402 g/mol. The van der Waals surface area contributed by atoms with Crippen LogP contribution in [0.5, 0.6) is 0 Å². The van der Waals surface area contributed by atoms with E-state index in [0.29, 0.717) is 24.9 Å². The fourth-order valence-electron chi connectivity index (χ4n) is 3.38. The molecule has 0 bridgehead atoms. The van der Waals surface area contributed by atoms with Gasteiger partial charge in [0.15, 0.2) is 11.6 Å². The molecule has 1 saturated heterocycles. The fourth-order valence-corrected chi connectivity index (χ4v) is 4.86. The molecule has 0 saturated carbocycles. The van der Waals surface area contributed by atoms with E-state index in [-0.39, 0.29) is 29.8 Å². The third kappa shape index (κ3) is 3.85. The summed E-state index contributed by atoms with van der Waals surface area (Å²) in [6.07, 6.45) is 0.629. The van der Waals surface area contributed by atoms with Crippen LogP contribution in [0.2, 0.25) is 0 Å². The van der Waals surface area contributed by atoms with Crippen molar-refractivity contribution in [3.05, 3.63) is 54.1 Å². The molecule has 0 atom stereocenters. The number of carbonyl (C=O) groups excluding carboxylic acids is 1. The van der Waals surface area contributed by atoms with Crippen LogP contribution < -0.4 is 5.32 Å². The second-order valence-electron chi connectivity index (χ2n) is 6.85. The molecule has 2 N–H and O–H groups in total. The average molecular weight is 420 g/mol. The molecule has 10 heteroatoms. The first-order chi connectivity index (χ1) is 13.8. The zero-order valence-corrected chi connectivity index (χ0v) is 16.0. The molecule has 1 amide bonds. The number of nitrogens with one attached hydrogen (secondary N) is 2. The van der Waals surface area contributed by atoms with Gasteiger partial charge in [-0.3, -0.25) is 10.1 Å². The molecule has 1 fully saturated rings. The second-order valence-corrected chi connectivity index (χ2v) is 8.78. The third-order valence-corrected chi connectivity index (χ3v) is 6.88. The molecule has 0 aliphatic carbocycles. The van der Waals surface area contributed by atoms with Crippen LogP contribution in [0, 0.1) is 17.6 Å². The number of hydrogen-bond donors (Lipinski definition) is 2. The van der Waals surface area contributed by atoms with Crippen molar-refractivity contribution in [1.82, 2.24) is 14.3 Å². The molecule has 1 aromatic heterocycles. The number of carbonyl (C=O) groups is 1. The van der Waals surface area contributed by atoms with Crippen LogP contribution >= 0.6 is 0 Å². The Kier molecular flexibility index (Phi) is 5.05. The molecule has 0 unspecified atom stereocenters. The average Bonchev–Trinajstić information content (AvgIpc) is 3.12. The zero-order valence-electron chi connectivity index (χ0n) is 15.2. The number of amides is 1. The molecule has 0 spiro atoms. The van der Waals surface area contributed by atoms with E-state index in [1.165, 1.54) is 4.31 Å². The van der Waals surface area contributed by atoms with Crippen molar-refractivity contribution < 1.29 is 22.0 Å². The molecule has 7 nitrogen and oxygen atoms in total. The van der Waals surface area contributed by atoms with Crippen molar-refractivity contribution >= 4 is 32.9 Å². The molecule has 3 aromatic rings. The standard InChI is InChI=1S/C19H18F2N4O3S/c20-14-6-5-13(11-15(14)21)29(27,28)25-9-7-12(8-10-25)18(26)24-19-22-16-3-1-2-4-17(16)23-19/h1-6,11-12H,7-10H2,(H2,22,23,24,26). The lowest BCUT2D eigenvalue weighted by Gasteiger charge is -2.30. The van der Waals surface area contributed by atoms with E-state index < -0.39 is 21.7 Å². The second kappa shape index (κ2) is 7.53. The Bertz CT molecular complexity index is 1140. The minimum Gasteiger partial charge on any atom is -0.324 e. The van der Waals surface area contributed by atoms with Crippen LogP contribution in [0.4, 0.5) is 14.7 Å². The molecule has 29 heavy (non-hydrogen) atoms. The summed E-state index contributed by atoms with van der Waals surface area (Å²) in [7, 11) is -3.95. The van der Waals surface area contributed by atoms with Gasteiger partial charge < -0.3 is 4.98 Å². The van der Waals surface area contributed by atoms with Crippen molar-refractivity contribution in [1.29, 1.82) is 0 Å². The number of rotatable bonds is 4. The van der Waals surface area contributed by atoms with Gasteiger partial charge in [-0.25, -0.2) is 22.2 Å². The van der Waals surface area contributed by atoms with Gasteiger partial charge in [-0.05, 0) is 43.2 Å². The highest BCUT2D eigenvalue weighted by molar-refractivity contribution is 7.89. The number of hydrogen-bond acceptors (Lipinski definition) is 4. The number of fused-ring (bicyclic) bond motifs is 1. The van der Waals surface area contributed by atoms with Crippen LogP contribution in [0.1, 0.15) is 12.8 Å². The molecule has 1 aliphatic rings. The lowest BCUT2D eigenvalue weighted by atomic mass is 9.97. The lowest BCUT2D eigenvalue weighted by Crippen LogP contribution is -2.41. The Morgan fingerprint density at radius 2 is 1.83 bits per heavy atom. The van der Waals surface area contributed by atoms with Gasteiger partial charge in [-0.1, -0.05) is 12.1 Å². The van der Waals surface area contributed by atoms with E-state index in [1.54, 1.807) is 0 Å². The Morgan fingerprint density at radius 3 is 2.52 bits per heavy atom. The van der Waals surface area contributed by atoms with Crippen molar-refractivity contribution in [2.24, 2.45) is 5.92 Å². The molecule has 4 rings (SSSR count). The van der Waals surface area contributed by atoms with Gasteiger partial charge in [-0.15, -0.1) is 0 Å². The summed E-state index contributed by atoms with van der Waals surface area (Å²) in [5.41, 5.74) is 1.53. The number of sulfonamides is 1. The van der Waals surface area contributed by atoms with Gasteiger partial charge in [-0.2, -0.15) is 4.31 Å². The van der Waals surface area contributed by atoms with E-state index in [4.69, 9.17) is 0 Å². The number of piperidine rings is 1. The molecule has 152 valence electrons. The van der Waals surface area contributed by atoms with Crippen molar-refractivity contribution in [2.45, 2.75) is 17.7 Å². The Balaban J connectivity index is 1.40. The summed E-state index contributed by atoms with van der Waals surface area (Å²) in [5.74, 6) is -2.60. The first kappa shape index (κ1) is 19.5. The minimum atomic E-state index is -3.95. The maximum absolute atomic E-state index is 13.4. The zero-order chi connectivity index (χ0) is 20.6. The SMILES string of the molecule is O=C(Nc1nc2ccccc2[nH]1)C1CCN(S(=O)(=O)c2ccc(F)c(F)c2)CC1. The minimum absolute atomic E-state index is 0.111. The number of aromatic amines is 1. The van der Waals surface area contributed by atoms with Crippen LogP contribution in [0.3, 0.4) is 0 Å². The number of halogens is 2. The van der Waals surface area contributed by atoms with Gasteiger partial charge in [0.2, 0.25) is 21.9 Å². The summed E-state index contributed by atoms with van der Waals surface area (Å²) in [6, 6.07) is 9.87. The number of nitrogens with zero attached hydrogens (tertiary/aromatic N) is 2. The van der Waals surface area contributed by atoms with E-state index >= 15 is 0 Å². The van der Waals surface area contributed by atoms with Crippen LogP contribution in [0.15, 0.2) is 47.4 Å². The number of para-hydroxylation sites is 2. The number of anilines is 1. The molecular formula is C19H18F2N4O3S. The Morgan fingerprint density at radius 1 is 1.10 bits per heavy atom. The van der Waals surface area contributed by atoms with Gasteiger partial charge in [0.1, 0.15) is 0 Å². The highest BCUT2D eigenvalue weighted by Gasteiger charge is 2.32. The number of imidazole rings is 1. The van der Waals surface area contributed by atoms with E-state index in [2.05, 4.69) is 15.3 Å². The van der Waals surface area contributed by atoms with Crippen LogP contribution in [0.25, 0.3) is 11.0 Å². The van der Waals surface area contributed by atoms with E-state index in [9.17, 15) is 22.0 Å². The molecule has 2 heterocycles. The first-order valence-corrected chi connectivity index (χ1v) is 10.5. The maximum atomic E-state index is 13.4. The molecule has 2 aromatic carbocycles. The molecule has 1 aliphatic heterocycles. The normalized spacial score (nSPS) is 16.2. The van der Waals surface area contributed by atoms with Gasteiger partial charge in [0, 0.05) is 19.0 Å². The summed E-state index contributed by atoms with van der Waals surface area (Å²) in [6.45, 7) is 0.221. The maximum Gasteiger partial charge on any atom is 0.243 e. The summed E-state index contributed by atoms with van der Waals surface area (Å²) in [5, 5.41) is 2.74. The Labute approximate surface area is 165 Å². The van der Waals surface area contributed by atoms with Gasteiger partial charge in [0.25, 0.3) is 0 Å². The predicted octanol–water partition coefficient (Wildman–Crippen LogP) is 2.88. The van der Waals surface area contributed by atoms with Gasteiger partial charge >= 0.3 is 0 Å². The quantitative estimate of drug-likeness (QED) is 0.679. The van der Waals surface area contributed by atoms with Crippen molar-refractivity contribution in [3.63, 3.8) is 0 Å². The summed E-state index contributed by atoms with van der Waals surface area (Å²) < 4.78 is 53.0. The highest BCUT2D eigenvalue weighted by atomic mass is 32.2. The van der Waals surface area contributed by atoms with Gasteiger partial charge in [0.05, 0.1) is 15.9 Å². The van der Waals surface area contributed by atoms with Crippen LogP contribution in [-0.2, 0) is 14.8 Å². The lowest BCUT2D eigenvalue weighted by molar-refractivity contribution is -0.120. The first-order valence-electron chi connectivity index (χ1n) is 9.05. The topological polar surface area (TPSA) is 95.2 Å². The van der Waals surface area contributed by atoms with Crippen molar-refractivity contribution in [3.8, 4) is 0 Å². The van der Waals surface area contributed by atoms with Crippen LogP contribution in [-0.4, -0.2) is 41.7 Å². The number of benzene rings is 2. The summed E-state index contributed by atoms with van der Waals surface area (Å²) in [4.78, 5) is 19.5. The van der Waals surface area contributed by atoms with E-state index in [0.717, 1.165) is 23.2 Å². The van der Waals surface area contributed by atoms with Crippen molar-refractivity contribution in [2.75, 3.05) is 18.4 Å². The third-order valence-electron chi connectivity index (χ3n) is 4.98. The smallest absolute Gasteiger partial charge is 0.243 e. The number of aromatic nitrogens is 2. The predicted molar refractivity (Wildman–Crippen MR) is 103 cm³/mol. The van der Waals surface area contributed by atoms with E-state index in [1.807, 2.05) is 24.3 Å². The largest absolute Gasteiger partial charge is 0.324 e. The fraction of sp³-hybridized carbons (Fsp3) is 0.263. The summed E-state index contributed by atoms with van der Waals surface area (Å²) >= 11 is 0.